The van der Waals surface area contributed by atoms with Gasteiger partial charge in [-0.25, -0.2) is 8.42 Å². The number of sulfonamides is 1. The average molecular weight is 659 g/mol. The molecule has 0 aliphatic carbocycles. The van der Waals surface area contributed by atoms with E-state index in [9.17, 15) is 18.0 Å². The van der Waals surface area contributed by atoms with Crippen LogP contribution < -0.4 is 9.62 Å². The van der Waals surface area contributed by atoms with Crippen LogP contribution in [-0.2, 0) is 26.2 Å². The van der Waals surface area contributed by atoms with E-state index in [1.165, 1.54) is 35.2 Å². The van der Waals surface area contributed by atoms with Crippen LogP contribution in [0.15, 0.2) is 65.6 Å². The topological polar surface area (TPSA) is 86.8 Å². The summed E-state index contributed by atoms with van der Waals surface area (Å²) in [7, 11) is -4.30. The summed E-state index contributed by atoms with van der Waals surface area (Å²) in [6.45, 7) is 8.15. The highest BCUT2D eigenvalue weighted by Gasteiger charge is 2.34. The quantitative estimate of drug-likeness (QED) is 0.265. The van der Waals surface area contributed by atoms with Crippen LogP contribution >= 0.6 is 46.4 Å². The molecule has 0 bridgehead atoms. The Balaban J connectivity index is 2.09. The van der Waals surface area contributed by atoms with Gasteiger partial charge in [-0.2, -0.15) is 0 Å². The Kier molecular flexibility index (Phi) is 10.6. The molecule has 41 heavy (non-hydrogen) atoms. The first-order chi connectivity index (χ1) is 19.0. The van der Waals surface area contributed by atoms with Crippen LogP contribution in [0.4, 0.5) is 5.69 Å². The third-order valence-electron chi connectivity index (χ3n) is 6.07. The minimum atomic E-state index is -4.30. The van der Waals surface area contributed by atoms with Gasteiger partial charge in [0.15, 0.2) is 0 Å². The molecule has 0 saturated heterocycles. The lowest BCUT2D eigenvalue weighted by Gasteiger charge is -2.33. The summed E-state index contributed by atoms with van der Waals surface area (Å²) in [5.74, 6) is -1.07. The summed E-state index contributed by atoms with van der Waals surface area (Å²) in [4.78, 5) is 28.5. The van der Waals surface area contributed by atoms with Crippen LogP contribution in [-0.4, -0.2) is 43.3 Å². The number of carbonyl (C=O) groups is 2. The largest absolute Gasteiger partial charge is 0.350 e. The summed E-state index contributed by atoms with van der Waals surface area (Å²) in [6.07, 6.45) is 0. The van der Waals surface area contributed by atoms with Gasteiger partial charge < -0.3 is 10.2 Å². The van der Waals surface area contributed by atoms with Gasteiger partial charge in [0.25, 0.3) is 10.0 Å². The summed E-state index contributed by atoms with van der Waals surface area (Å²) in [6, 6.07) is 14.4. The SMILES string of the molecule is Cc1ccc(S(=O)(=O)N(CC(=O)N(Cc2ccc(Cl)c(Cl)c2)C(C)C(=O)NC(C)(C)C)c2cc(Cl)ccc2Cl)cc1. The van der Waals surface area contributed by atoms with E-state index in [1.807, 2.05) is 27.7 Å². The Morgan fingerprint density at radius 2 is 1.49 bits per heavy atom. The molecule has 220 valence electrons. The van der Waals surface area contributed by atoms with E-state index in [0.29, 0.717) is 10.6 Å². The van der Waals surface area contributed by atoms with Crippen molar-refractivity contribution in [3.63, 3.8) is 0 Å². The first-order valence-corrected chi connectivity index (χ1v) is 15.5. The Hall–Kier alpha value is -2.49. The lowest BCUT2D eigenvalue weighted by atomic mass is 10.1. The van der Waals surface area contributed by atoms with Crippen LogP contribution in [0.3, 0.4) is 0 Å². The van der Waals surface area contributed by atoms with E-state index in [2.05, 4.69) is 5.32 Å². The van der Waals surface area contributed by atoms with Gasteiger partial charge in [0.05, 0.1) is 25.7 Å². The number of nitrogens with zero attached hydrogens (tertiary/aromatic N) is 2. The number of anilines is 1. The van der Waals surface area contributed by atoms with Gasteiger partial charge in [-0.3, -0.25) is 13.9 Å². The fourth-order valence-electron chi connectivity index (χ4n) is 3.92. The molecule has 3 aromatic rings. The minimum absolute atomic E-state index is 0.0226. The predicted octanol–water partition coefficient (Wildman–Crippen LogP) is 7.14. The molecule has 3 rings (SSSR count). The molecule has 0 aliphatic rings. The van der Waals surface area contributed by atoms with E-state index in [0.717, 1.165) is 9.87 Å². The van der Waals surface area contributed by atoms with Gasteiger partial charge >= 0.3 is 0 Å². The maximum absolute atomic E-state index is 14.0. The van der Waals surface area contributed by atoms with Crippen molar-refractivity contribution in [1.82, 2.24) is 10.2 Å². The average Bonchev–Trinajstić information content (AvgIpc) is 2.88. The zero-order valence-corrected chi connectivity index (χ0v) is 27.1. The molecule has 0 heterocycles. The maximum Gasteiger partial charge on any atom is 0.264 e. The molecule has 7 nitrogen and oxygen atoms in total. The molecule has 0 aliphatic heterocycles. The normalized spacial score (nSPS) is 12.5. The van der Waals surface area contributed by atoms with Crippen molar-refractivity contribution >= 4 is 73.9 Å². The predicted molar refractivity (Wildman–Crippen MR) is 167 cm³/mol. The van der Waals surface area contributed by atoms with E-state index >= 15 is 0 Å². The van der Waals surface area contributed by atoms with Crippen molar-refractivity contribution in [3.05, 3.63) is 91.9 Å². The Bertz CT molecular complexity index is 1540. The fraction of sp³-hybridized carbons (Fsp3) is 0.310. The highest BCUT2D eigenvalue weighted by atomic mass is 35.5. The Labute approximate surface area is 261 Å². The molecule has 0 saturated carbocycles. The van der Waals surface area contributed by atoms with Gasteiger partial charge in [0.1, 0.15) is 12.6 Å². The second kappa shape index (κ2) is 13.2. The minimum Gasteiger partial charge on any atom is -0.350 e. The number of hydrogen-bond acceptors (Lipinski definition) is 4. The summed E-state index contributed by atoms with van der Waals surface area (Å²) in [5.41, 5.74) is 0.906. The second-order valence-corrected chi connectivity index (χ2v) is 14.1. The van der Waals surface area contributed by atoms with Gasteiger partial charge in [-0.05, 0) is 82.6 Å². The van der Waals surface area contributed by atoms with Gasteiger partial charge in [-0.15, -0.1) is 0 Å². The Morgan fingerprint density at radius 3 is 2.07 bits per heavy atom. The maximum atomic E-state index is 14.0. The fourth-order valence-corrected chi connectivity index (χ4v) is 6.10. The van der Waals surface area contributed by atoms with Gasteiger partial charge in [0.2, 0.25) is 11.8 Å². The molecule has 0 fully saturated rings. The number of rotatable bonds is 9. The number of amides is 2. The van der Waals surface area contributed by atoms with E-state index in [-0.39, 0.29) is 32.2 Å². The number of nitrogens with one attached hydrogen (secondary N) is 1. The molecular formula is C29H31Cl4N3O4S. The summed E-state index contributed by atoms with van der Waals surface area (Å²) in [5, 5.41) is 3.78. The van der Waals surface area contributed by atoms with Crippen molar-refractivity contribution < 1.29 is 18.0 Å². The number of carbonyl (C=O) groups excluding carboxylic acids is 2. The molecule has 2 amide bonds. The molecule has 0 aromatic heterocycles. The smallest absolute Gasteiger partial charge is 0.264 e. The number of aryl methyl sites for hydroxylation is 1. The molecule has 1 unspecified atom stereocenters. The standard InChI is InChI=1S/C29H31Cl4N3O4S/c1-18-6-10-22(11-7-18)41(39,40)36(26-15-21(30)9-13-24(26)32)17-27(37)35(19(2)28(38)34-29(3,4)5)16-20-8-12-23(31)25(33)14-20/h6-15,19H,16-17H2,1-5H3,(H,34,38). The van der Waals surface area contributed by atoms with Crippen LogP contribution in [0.25, 0.3) is 0 Å². The van der Waals surface area contributed by atoms with Crippen molar-refractivity contribution in [1.29, 1.82) is 0 Å². The van der Waals surface area contributed by atoms with Crippen molar-refractivity contribution in [3.8, 4) is 0 Å². The van der Waals surface area contributed by atoms with Crippen LogP contribution in [0.5, 0.6) is 0 Å². The molecule has 0 spiro atoms. The van der Waals surface area contributed by atoms with Crippen molar-refractivity contribution in [2.45, 2.75) is 57.6 Å². The van der Waals surface area contributed by atoms with E-state index in [1.54, 1.807) is 37.3 Å². The van der Waals surface area contributed by atoms with Crippen molar-refractivity contribution in [2.24, 2.45) is 0 Å². The van der Waals surface area contributed by atoms with Crippen molar-refractivity contribution in [2.75, 3.05) is 10.8 Å². The third-order valence-corrected chi connectivity index (χ3v) is 9.13. The zero-order valence-electron chi connectivity index (χ0n) is 23.2. The molecule has 12 heteroatoms. The van der Waals surface area contributed by atoms with Gasteiger partial charge in [0, 0.05) is 17.1 Å². The van der Waals surface area contributed by atoms with E-state index < -0.39 is 40.0 Å². The summed E-state index contributed by atoms with van der Waals surface area (Å²) >= 11 is 24.9. The molecule has 0 radical (unpaired) electrons. The molecule has 3 aromatic carbocycles. The molecule has 1 N–H and O–H groups in total. The van der Waals surface area contributed by atoms with Crippen LogP contribution in [0.2, 0.25) is 20.1 Å². The van der Waals surface area contributed by atoms with Crippen LogP contribution in [0, 0.1) is 6.92 Å². The highest BCUT2D eigenvalue weighted by Crippen LogP contribution is 2.33. The first kappa shape index (κ1) is 33.0. The lowest BCUT2D eigenvalue weighted by molar-refractivity contribution is -0.140. The second-order valence-electron chi connectivity index (χ2n) is 10.6. The van der Waals surface area contributed by atoms with Gasteiger partial charge in [-0.1, -0.05) is 70.2 Å². The first-order valence-electron chi connectivity index (χ1n) is 12.6. The molecule has 1 atom stereocenters. The number of halogens is 4. The van der Waals surface area contributed by atoms with E-state index in [4.69, 9.17) is 46.4 Å². The monoisotopic (exact) mass is 657 g/mol. The zero-order chi connectivity index (χ0) is 30.7. The van der Waals surface area contributed by atoms with Crippen LogP contribution in [0.1, 0.15) is 38.8 Å². The summed E-state index contributed by atoms with van der Waals surface area (Å²) < 4.78 is 28.8. The highest BCUT2D eigenvalue weighted by molar-refractivity contribution is 7.92. The third kappa shape index (κ3) is 8.52. The Morgan fingerprint density at radius 1 is 0.878 bits per heavy atom. The number of benzene rings is 3. The molecular weight excluding hydrogens is 628 g/mol. The number of hydrogen-bond donors (Lipinski definition) is 1. The lowest BCUT2D eigenvalue weighted by Crippen LogP contribution is -2.54.